The molecule has 0 radical (unpaired) electrons. The van der Waals surface area contributed by atoms with Crippen molar-refractivity contribution in [2.75, 3.05) is 7.11 Å². The van der Waals surface area contributed by atoms with Gasteiger partial charge in [-0.3, -0.25) is 4.98 Å². The molecule has 3 nitrogen and oxygen atoms in total. The number of aryl methyl sites for hydroxylation is 1. The van der Waals surface area contributed by atoms with E-state index in [0.717, 1.165) is 54.5 Å². The van der Waals surface area contributed by atoms with Gasteiger partial charge < -0.3 is 4.74 Å². The van der Waals surface area contributed by atoms with Crippen LogP contribution in [0.3, 0.4) is 0 Å². The second-order valence-electron chi connectivity index (χ2n) is 7.22. The van der Waals surface area contributed by atoms with Gasteiger partial charge in [-0.15, -0.1) is 0 Å². The molecule has 0 N–H and O–H groups in total. The summed E-state index contributed by atoms with van der Waals surface area (Å²) in [5.74, 6) is 0.158. The number of rotatable bonds is 3. The Balaban J connectivity index is 2.00. The van der Waals surface area contributed by atoms with Crippen molar-refractivity contribution in [3.8, 4) is 11.1 Å². The highest BCUT2D eigenvalue weighted by Crippen LogP contribution is 2.41. The Bertz CT molecular complexity index is 776. The average Bonchev–Trinajstić information content (AvgIpc) is 3.21. The van der Waals surface area contributed by atoms with Crippen molar-refractivity contribution in [3.05, 3.63) is 52.8 Å². The van der Waals surface area contributed by atoms with Crippen molar-refractivity contribution in [1.82, 2.24) is 4.98 Å². The van der Waals surface area contributed by atoms with Gasteiger partial charge in [0.2, 0.25) is 0 Å². The van der Waals surface area contributed by atoms with E-state index >= 15 is 0 Å². The van der Waals surface area contributed by atoms with Crippen LogP contribution >= 0.6 is 0 Å². The highest BCUT2D eigenvalue weighted by Gasteiger charge is 2.31. The maximum Gasteiger partial charge on any atom is 0.340 e. The monoisotopic (exact) mass is 335 g/mol. The minimum absolute atomic E-state index is 0.235. The third-order valence-electron chi connectivity index (χ3n) is 5.70. The van der Waals surface area contributed by atoms with Gasteiger partial charge in [0.05, 0.1) is 18.4 Å². The van der Waals surface area contributed by atoms with E-state index in [2.05, 4.69) is 12.1 Å². The summed E-state index contributed by atoms with van der Waals surface area (Å²) in [5, 5.41) is 0. The molecule has 25 heavy (non-hydrogen) atoms. The molecule has 0 bridgehead atoms. The third-order valence-corrected chi connectivity index (χ3v) is 5.70. The van der Waals surface area contributed by atoms with Crippen LogP contribution in [-0.2, 0) is 17.6 Å². The van der Waals surface area contributed by atoms with Crippen molar-refractivity contribution in [1.29, 1.82) is 0 Å². The molecule has 0 aliphatic heterocycles. The minimum atomic E-state index is -0.235. The van der Waals surface area contributed by atoms with Crippen LogP contribution in [0.15, 0.2) is 30.3 Å². The minimum Gasteiger partial charge on any atom is -0.465 e. The van der Waals surface area contributed by atoms with Crippen molar-refractivity contribution in [2.24, 2.45) is 0 Å². The molecule has 1 fully saturated rings. The first-order valence-corrected chi connectivity index (χ1v) is 9.49. The average molecular weight is 335 g/mol. The molecular formula is C22H25NO2. The molecule has 2 aliphatic carbocycles. The summed E-state index contributed by atoms with van der Waals surface area (Å²) in [7, 11) is 1.48. The normalized spacial score (nSPS) is 17.3. The molecule has 1 aromatic heterocycles. The predicted octanol–water partition coefficient (Wildman–Crippen LogP) is 5.07. The van der Waals surface area contributed by atoms with Crippen molar-refractivity contribution in [2.45, 2.75) is 57.3 Å². The number of hydrogen-bond donors (Lipinski definition) is 0. The summed E-state index contributed by atoms with van der Waals surface area (Å²) >= 11 is 0. The van der Waals surface area contributed by atoms with Crippen LogP contribution in [0.5, 0.6) is 0 Å². The number of aromatic nitrogens is 1. The summed E-state index contributed by atoms with van der Waals surface area (Å²) in [6.07, 6.45) is 9.09. The number of esters is 1. The number of carbonyl (C=O) groups excluding carboxylic acids is 1. The lowest BCUT2D eigenvalue weighted by Crippen LogP contribution is -2.18. The highest BCUT2D eigenvalue weighted by atomic mass is 16.5. The van der Waals surface area contributed by atoms with E-state index in [1.54, 1.807) is 0 Å². The van der Waals surface area contributed by atoms with Gasteiger partial charge in [-0.25, -0.2) is 4.79 Å². The Morgan fingerprint density at radius 2 is 1.76 bits per heavy atom. The lowest BCUT2D eigenvalue weighted by atomic mass is 9.83. The van der Waals surface area contributed by atoms with E-state index in [-0.39, 0.29) is 5.97 Å². The van der Waals surface area contributed by atoms with Gasteiger partial charge in [0.15, 0.2) is 0 Å². The fourth-order valence-corrected chi connectivity index (χ4v) is 4.49. The molecule has 0 atom stereocenters. The molecule has 2 aromatic rings. The molecule has 130 valence electrons. The molecule has 1 saturated carbocycles. The molecule has 2 aliphatic rings. The van der Waals surface area contributed by atoms with E-state index < -0.39 is 0 Å². The predicted molar refractivity (Wildman–Crippen MR) is 98.9 cm³/mol. The van der Waals surface area contributed by atoms with Crippen LogP contribution in [0.1, 0.15) is 71.8 Å². The molecule has 3 heteroatoms. The summed E-state index contributed by atoms with van der Waals surface area (Å²) in [4.78, 5) is 17.9. The Morgan fingerprint density at radius 3 is 2.48 bits per heavy atom. The van der Waals surface area contributed by atoms with E-state index in [0.29, 0.717) is 5.92 Å². The molecular weight excluding hydrogens is 310 g/mol. The smallest absolute Gasteiger partial charge is 0.340 e. The van der Waals surface area contributed by atoms with Crippen molar-refractivity contribution < 1.29 is 9.53 Å². The maximum atomic E-state index is 12.8. The summed E-state index contributed by atoms with van der Waals surface area (Å²) in [6, 6.07) is 10.3. The van der Waals surface area contributed by atoms with Gasteiger partial charge >= 0.3 is 5.97 Å². The van der Waals surface area contributed by atoms with Gasteiger partial charge in [-0.05, 0) is 49.7 Å². The highest BCUT2D eigenvalue weighted by molar-refractivity contribution is 5.99. The fraction of sp³-hybridized carbons (Fsp3) is 0.455. The number of benzene rings is 1. The van der Waals surface area contributed by atoms with Gasteiger partial charge in [-0.2, -0.15) is 0 Å². The lowest BCUT2D eigenvalue weighted by Gasteiger charge is -2.25. The first-order chi connectivity index (χ1) is 12.3. The summed E-state index contributed by atoms with van der Waals surface area (Å²) < 4.78 is 5.21. The molecule has 1 heterocycles. The topological polar surface area (TPSA) is 39.2 Å². The van der Waals surface area contributed by atoms with E-state index in [9.17, 15) is 4.79 Å². The number of carbonyl (C=O) groups is 1. The Hall–Kier alpha value is -2.16. The maximum absolute atomic E-state index is 12.8. The number of methoxy groups -OCH3 is 1. The van der Waals surface area contributed by atoms with Crippen molar-refractivity contribution in [3.63, 3.8) is 0 Å². The van der Waals surface area contributed by atoms with Crippen LogP contribution in [0.25, 0.3) is 11.1 Å². The molecule has 0 unspecified atom stereocenters. The quantitative estimate of drug-likeness (QED) is 0.735. The fourth-order valence-electron chi connectivity index (χ4n) is 4.49. The summed E-state index contributed by atoms with van der Waals surface area (Å²) in [6.45, 7) is 0. The van der Waals surface area contributed by atoms with E-state index in [1.165, 1.54) is 37.6 Å². The van der Waals surface area contributed by atoms with Crippen LogP contribution in [-0.4, -0.2) is 18.1 Å². The largest absolute Gasteiger partial charge is 0.465 e. The van der Waals surface area contributed by atoms with Gasteiger partial charge in [0.1, 0.15) is 0 Å². The first kappa shape index (κ1) is 16.3. The van der Waals surface area contributed by atoms with E-state index in [1.807, 2.05) is 18.2 Å². The molecule has 4 rings (SSSR count). The van der Waals surface area contributed by atoms with Crippen LogP contribution in [0.4, 0.5) is 0 Å². The van der Waals surface area contributed by atoms with Crippen molar-refractivity contribution >= 4 is 5.97 Å². The number of hydrogen-bond acceptors (Lipinski definition) is 3. The number of nitrogens with zero attached hydrogens (tertiary/aromatic N) is 1. The number of fused-ring (bicyclic) bond motifs is 1. The third kappa shape index (κ3) is 2.97. The van der Waals surface area contributed by atoms with Crippen LogP contribution < -0.4 is 0 Å². The first-order valence-electron chi connectivity index (χ1n) is 9.49. The number of pyridine rings is 1. The van der Waals surface area contributed by atoms with Crippen LogP contribution in [0, 0.1) is 0 Å². The second kappa shape index (κ2) is 6.99. The van der Waals surface area contributed by atoms with E-state index in [4.69, 9.17) is 9.72 Å². The SMILES string of the molecule is COC(=O)c1c(C2CCCC2)nc2c(c1-c1ccccc1)CCCC2. The lowest BCUT2D eigenvalue weighted by molar-refractivity contribution is 0.0599. The van der Waals surface area contributed by atoms with Gasteiger partial charge in [0.25, 0.3) is 0 Å². The molecule has 0 spiro atoms. The number of ether oxygens (including phenoxy) is 1. The Labute approximate surface area is 149 Å². The standard InChI is InChI=1S/C22H25NO2/c1-25-22(24)20-19(15-9-3-2-4-10-15)17-13-7-8-14-18(17)23-21(20)16-11-5-6-12-16/h2-4,9-10,16H,5-8,11-14H2,1H3. The van der Waals surface area contributed by atoms with Gasteiger partial charge in [0, 0.05) is 17.2 Å². The zero-order valence-electron chi connectivity index (χ0n) is 14.9. The second-order valence-corrected chi connectivity index (χ2v) is 7.22. The molecule has 0 amide bonds. The van der Waals surface area contributed by atoms with Crippen LogP contribution in [0.2, 0.25) is 0 Å². The zero-order valence-corrected chi connectivity index (χ0v) is 14.9. The molecule has 0 saturated heterocycles. The van der Waals surface area contributed by atoms with Gasteiger partial charge in [-0.1, -0.05) is 43.2 Å². The Kier molecular flexibility index (Phi) is 4.56. The zero-order chi connectivity index (χ0) is 17.2. The summed E-state index contributed by atoms with van der Waals surface area (Å²) in [5.41, 5.74) is 6.38. The molecule has 1 aromatic carbocycles. The Morgan fingerprint density at radius 1 is 1.04 bits per heavy atom.